The van der Waals surface area contributed by atoms with Gasteiger partial charge in [-0.3, -0.25) is 0 Å². The molecule has 1 saturated heterocycles. The predicted molar refractivity (Wildman–Crippen MR) is 96.0 cm³/mol. The fraction of sp³-hybridized carbons (Fsp3) is 0.619. The van der Waals surface area contributed by atoms with Crippen LogP contribution in [0.4, 0.5) is 0 Å². The summed E-state index contributed by atoms with van der Waals surface area (Å²) in [5.74, 6) is 0.392. The maximum Gasteiger partial charge on any atom is 0.0900 e. The number of aliphatic hydroxyl groups excluding tert-OH is 1. The van der Waals surface area contributed by atoms with Crippen LogP contribution in [0.3, 0.4) is 0 Å². The van der Waals surface area contributed by atoms with Crippen molar-refractivity contribution in [3.63, 3.8) is 0 Å². The fourth-order valence-corrected chi connectivity index (χ4v) is 3.85. The van der Waals surface area contributed by atoms with E-state index < -0.39 is 0 Å². The van der Waals surface area contributed by atoms with Crippen LogP contribution in [0.5, 0.6) is 0 Å². The minimum atomic E-state index is -0.342. The summed E-state index contributed by atoms with van der Waals surface area (Å²) >= 11 is 0. The molecule has 4 unspecified atom stereocenters. The van der Waals surface area contributed by atoms with Gasteiger partial charge in [0.25, 0.3) is 0 Å². The first-order valence-corrected chi connectivity index (χ1v) is 9.46. The van der Waals surface area contributed by atoms with Crippen LogP contribution >= 0.6 is 0 Å². The van der Waals surface area contributed by atoms with Crippen LogP contribution in [-0.4, -0.2) is 36.6 Å². The van der Waals surface area contributed by atoms with Gasteiger partial charge in [0.2, 0.25) is 0 Å². The monoisotopic (exact) mass is 330 g/mol. The summed E-state index contributed by atoms with van der Waals surface area (Å²) in [5, 5.41) is 10.2. The first-order chi connectivity index (χ1) is 11.8. The molecule has 1 saturated carbocycles. The Morgan fingerprint density at radius 2 is 1.92 bits per heavy atom. The molecular formula is C21H30O3. The van der Waals surface area contributed by atoms with Crippen LogP contribution in [0.25, 0.3) is 0 Å². The van der Waals surface area contributed by atoms with E-state index in [0.717, 1.165) is 45.1 Å². The van der Waals surface area contributed by atoms with E-state index in [-0.39, 0.29) is 18.3 Å². The van der Waals surface area contributed by atoms with E-state index in [1.165, 1.54) is 12.0 Å². The van der Waals surface area contributed by atoms with E-state index in [9.17, 15) is 5.11 Å². The Hall–Kier alpha value is -1.16. The highest BCUT2D eigenvalue weighted by atomic mass is 16.6. The average molecular weight is 330 g/mol. The smallest absolute Gasteiger partial charge is 0.0900 e. The molecule has 24 heavy (non-hydrogen) atoms. The van der Waals surface area contributed by atoms with Gasteiger partial charge in [-0.25, -0.2) is 0 Å². The minimum Gasteiger partial charge on any atom is -0.389 e. The third kappa shape index (κ3) is 5.17. The predicted octanol–water partition coefficient (Wildman–Crippen LogP) is 3.90. The lowest BCUT2D eigenvalue weighted by atomic mass is 9.83. The molecule has 0 aromatic heterocycles. The zero-order valence-electron chi connectivity index (χ0n) is 14.5. The quantitative estimate of drug-likeness (QED) is 0.609. The molecule has 1 N–H and O–H groups in total. The molecule has 2 fully saturated rings. The number of hydrogen-bond acceptors (Lipinski definition) is 3. The number of benzene rings is 1. The van der Waals surface area contributed by atoms with Crippen molar-refractivity contribution in [2.75, 3.05) is 13.2 Å². The van der Waals surface area contributed by atoms with Gasteiger partial charge in [-0.1, -0.05) is 55.3 Å². The van der Waals surface area contributed by atoms with E-state index in [0.29, 0.717) is 12.5 Å². The maximum absolute atomic E-state index is 10.2. The lowest BCUT2D eigenvalue weighted by molar-refractivity contribution is -0.167. The van der Waals surface area contributed by atoms with E-state index in [4.69, 9.17) is 9.47 Å². The highest BCUT2D eigenvalue weighted by Crippen LogP contribution is 2.32. The number of aryl methyl sites for hydroxylation is 1. The van der Waals surface area contributed by atoms with Crippen molar-refractivity contribution in [3.8, 4) is 0 Å². The van der Waals surface area contributed by atoms with Crippen molar-refractivity contribution >= 4 is 0 Å². The topological polar surface area (TPSA) is 38.7 Å². The van der Waals surface area contributed by atoms with Crippen LogP contribution in [0.2, 0.25) is 0 Å². The fourth-order valence-electron chi connectivity index (χ4n) is 3.85. The largest absolute Gasteiger partial charge is 0.389 e. The summed E-state index contributed by atoms with van der Waals surface area (Å²) in [6.07, 6.45) is 11.8. The van der Waals surface area contributed by atoms with Crippen LogP contribution in [-0.2, 0) is 15.9 Å². The average Bonchev–Trinajstić information content (AvgIpc) is 2.64. The molecule has 0 amide bonds. The molecule has 3 rings (SSSR count). The summed E-state index contributed by atoms with van der Waals surface area (Å²) in [6.45, 7) is 1.43. The number of rotatable bonds is 7. The van der Waals surface area contributed by atoms with Crippen molar-refractivity contribution in [1.82, 2.24) is 0 Å². The van der Waals surface area contributed by atoms with E-state index in [1.807, 2.05) is 6.08 Å². The number of ether oxygens (including phenoxy) is 2. The van der Waals surface area contributed by atoms with Crippen molar-refractivity contribution in [2.45, 2.75) is 63.3 Å². The van der Waals surface area contributed by atoms with Gasteiger partial charge < -0.3 is 14.6 Å². The van der Waals surface area contributed by atoms with Gasteiger partial charge in [-0.05, 0) is 37.7 Å². The molecule has 3 nitrogen and oxygen atoms in total. The Morgan fingerprint density at radius 3 is 2.79 bits per heavy atom. The third-order valence-electron chi connectivity index (χ3n) is 5.18. The van der Waals surface area contributed by atoms with Gasteiger partial charge in [0.05, 0.1) is 31.5 Å². The molecule has 2 aliphatic rings. The minimum absolute atomic E-state index is 0.189. The van der Waals surface area contributed by atoms with Crippen LogP contribution < -0.4 is 0 Å². The van der Waals surface area contributed by atoms with E-state index in [1.54, 1.807) is 0 Å². The number of fused-ring (bicyclic) bond motifs is 1. The van der Waals surface area contributed by atoms with E-state index >= 15 is 0 Å². The van der Waals surface area contributed by atoms with Crippen molar-refractivity contribution in [1.29, 1.82) is 0 Å². The Bertz CT molecular complexity index is 497. The SMILES string of the molecule is OC(/C=C/C1CCCC2OCCOC12)CCCCc1ccccc1. The standard InChI is InChI=1S/C21H30O3/c22-19(11-5-4-9-17-7-2-1-3-8-17)14-13-18-10-6-12-20-21(18)24-16-15-23-20/h1-3,7-8,13-14,18-22H,4-6,9-12,15-16H2/b14-13+. The van der Waals surface area contributed by atoms with Gasteiger partial charge in [0.1, 0.15) is 0 Å². The molecule has 1 aromatic rings. The molecule has 3 heteroatoms. The van der Waals surface area contributed by atoms with E-state index in [2.05, 4.69) is 36.4 Å². The zero-order valence-corrected chi connectivity index (χ0v) is 14.5. The summed E-state index contributed by atoms with van der Waals surface area (Å²) in [6, 6.07) is 10.6. The third-order valence-corrected chi connectivity index (χ3v) is 5.18. The molecule has 0 spiro atoms. The van der Waals surface area contributed by atoms with Crippen LogP contribution in [0.15, 0.2) is 42.5 Å². The molecule has 1 heterocycles. The zero-order chi connectivity index (χ0) is 16.6. The Morgan fingerprint density at radius 1 is 1.08 bits per heavy atom. The Labute approximate surface area is 145 Å². The van der Waals surface area contributed by atoms with Gasteiger partial charge >= 0.3 is 0 Å². The van der Waals surface area contributed by atoms with Gasteiger partial charge in [-0.2, -0.15) is 0 Å². The van der Waals surface area contributed by atoms with Crippen molar-refractivity contribution < 1.29 is 14.6 Å². The van der Waals surface area contributed by atoms with Gasteiger partial charge in [-0.15, -0.1) is 0 Å². The first kappa shape index (κ1) is 17.7. The number of hydrogen-bond donors (Lipinski definition) is 1. The highest BCUT2D eigenvalue weighted by molar-refractivity contribution is 5.14. The lowest BCUT2D eigenvalue weighted by Gasteiger charge is -2.39. The second-order valence-electron chi connectivity index (χ2n) is 7.02. The molecule has 0 bridgehead atoms. The molecule has 4 atom stereocenters. The molecule has 1 aliphatic heterocycles. The first-order valence-electron chi connectivity index (χ1n) is 9.46. The maximum atomic E-state index is 10.2. The second kappa shape index (κ2) is 9.36. The summed E-state index contributed by atoms with van der Waals surface area (Å²) in [4.78, 5) is 0. The van der Waals surface area contributed by atoms with Crippen molar-refractivity contribution in [3.05, 3.63) is 48.0 Å². The highest BCUT2D eigenvalue weighted by Gasteiger charge is 2.35. The number of aliphatic hydroxyl groups is 1. The van der Waals surface area contributed by atoms with Gasteiger partial charge in [0, 0.05) is 5.92 Å². The summed E-state index contributed by atoms with van der Waals surface area (Å²) in [5.41, 5.74) is 1.38. The lowest BCUT2D eigenvalue weighted by Crippen LogP contribution is -2.45. The van der Waals surface area contributed by atoms with Gasteiger partial charge in [0.15, 0.2) is 0 Å². The molecule has 0 radical (unpaired) electrons. The molecule has 132 valence electrons. The summed E-state index contributed by atoms with van der Waals surface area (Å²) < 4.78 is 11.7. The molecule has 1 aliphatic carbocycles. The summed E-state index contributed by atoms with van der Waals surface area (Å²) in [7, 11) is 0. The molecular weight excluding hydrogens is 300 g/mol. The normalized spacial score (nSPS) is 28.6. The Kier molecular flexibility index (Phi) is 6.88. The second-order valence-corrected chi connectivity index (χ2v) is 7.02. The molecule has 1 aromatic carbocycles. The van der Waals surface area contributed by atoms with Crippen molar-refractivity contribution in [2.24, 2.45) is 5.92 Å². The Balaban J connectivity index is 1.37. The number of unbranched alkanes of at least 4 members (excludes halogenated alkanes) is 1. The van der Waals surface area contributed by atoms with Crippen LogP contribution in [0, 0.1) is 5.92 Å². The van der Waals surface area contributed by atoms with Crippen LogP contribution in [0.1, 0.15) is 44.1 Å².